The molecule has 0 aliphatic carbocycles. The number of benzene rings is 2. The van der Waals surface area contributed by atoms with Crippen molar-refractivity contribution in [2.75, 3.05) is 13.2 Å². The summed E-state index contributed by atoms with van der Waals surface area (Å²) in [7, 11) is 0. The number of hydrogen-bond donors (Lipinski definition) is 2. The average Bonchev–Trinajstić information content (AvgIpc) is 2.71. The van der Waals surface area contributed by atoms with Crippen LogP contribution in [0.3, 0.4) is 0 Å². The van der Waals surface area contributed by atoms with Crippen molar-refractivity contribution in [2.24, 2.45) is 0 Å². The number of ether oxygens (including phenoxy) is 1. The van der Waals surface area contributed by atoms with E-state index < -0.39 is 5.91 Å². The molecule has 0 saturated carbocycles. The zero-order valence-corrected chi connectivity index (χ0v) is 16.6. The van der Waals surface area contributed by atoms with E-state index in [1.54, 1.807) is 24.3 Å². The van der Waals surface area contributed by atoms with Gasteiger partial charge in [-0.3, -0.25) is 9.59 Å². The Hall–Kier alpha value is -3.59. The van der Waals surface area contributed by atoms with Crippen LogP contribution >= 0.6 is 0 Å². The van der Waals surface area contributed by atoms with Gasteiger partial charge >= 0.3 is 0 Å². The molecule has 2 aromatic rings. The SMILES string of the molecule is CC(C)NC(=O)/C(C#N)=C/c1ccc(OCC(=O)NCCc2ccccc2)cc1. The minimum absolute atomic E-state index is 0.0326. The van der Waals surface area contributed by atoms with Gasteiger partial charge in [0.2, 0.25) is 0 Å². The van der Waals surface area contributed by atoms with Crippen molar-refractivity contribution in [3.63, 3.8) is 0 Å². The molecule has 0 aromatic heterocycles. The molecule has 0 aliphatic rings. The van der Waals surface area contributed by atoms with Crippen LogP contribution in [0.25, 0.3) is 6.08 Å². The van der Waals surface area contributed by atoms with Crippen LogP contribution in [0.2, 0.25) is 0 Å². The Bertz CT molecular complexity index is 882. The molecule has 150 valence electrons. The van der Waals surface area contributed by atoms with Gasteiger partial charge in [0.15, 0.2) is 6.61 Å². The summed E-state index contributed by atoms with van der Waals surface area (Å²) >= 11 is 0. The molecule has 0 fully saturated rings. The summed E-state index contributed by atoms with van der Waals surface area (Å²) in [4.78, 5) is 23.8. The van der Waals surface area contributed by atoms with E-state index in [1.165, 1.54) is 6.08 Å². The van der Waals surface area contributed by atoms with E-state index in [-0.39, 0.29) is 24.1 Å². The second-order valence-electron chi connectivity index (χ2n) is 6.74. The fourth-order valence-electron chi connectivity index (χ4n) is 2.51. The van der Waals surface area contributed by atoms with Gasteiger partial charge in [0.05, 0.1) is 0 Å². The minimum Gasteiger partial charge on any atom is -0.484 e. The van der Waals surface area contributed by atoms with E-state index in [0.717, 1.165) is 12.0 Å². The maximum Gasteiger partial charge on any atom is 0.262 e. The zero-order valence-electron chi connectivity index (χ0n) is 16.6. The molecule has 0 spiro atoms. The lowest BCUT2D eigenvalue weighted by Gasteiger charge is -2.08. The molecule has 0 aliphatic heterocycles. The van der Waals surface area contributed by atoms with Gasteiger partial charge in [0.25, 0.3) is 11.8 Å². The van der Waals surface area contributed by atoms with Crippen LogP contribution in [-0.2, 0) is 16.0 Å². The third-order valence-corrected chi connectivity index (χ3v) is 3.92. The number of hydrogen-bond acceptors (Lipinski definition) is 4. The maximum absolute atomic E-state index is 11.9. The number of nitriles is 1. The van der Waals surface area contributed by atoms with E-state index in [0.29, 0.717) is 17.9 Å². The lowest BCUT2D eigenvalue weighted by molar-refractivity contribution is -0.123. The third kappa shape index (κ3) is 7.89. The molecule has 0 bridgehead atoms. The van der Waals surface area contributed by atoms with E-state index in [1.807, 2.05) is 50.2 Å². The van der Waals surface area contributed by atoms with E-state index in [2.05, 4.69) is 10.6 Å². The van der Waals surface area contributed by atoms with Crippen LogP contribution in [0.5, 0.6) is 5.75 Å². The summed E-state index contributed by atoms with van der Waals surface area (Å²) in [6.45, 7) is 4.13. The normalized spacial score (nSPS) is 10.9. The van der Waals surface area contributed by atoms with Crippen molar-refractivity contribution in [1.82, 2.24) is 10.6 Å². The Morgan fingerprint density at radius 1 is 1.10 bits per heavy atom. The Kier molecular flexibility index (Phi) is 8.46. The fraction of sp³-hybridized carbons (Fsp3) is 0.261. The molecule has 0 unspecified atom stereocenters. The molecular formula is C23H25N3O3. The van der Waals surface area contributed by atoms with E-state index in [4.69, 9.17) is 10.00 Å². The molecule has 2 aromatic carbocycles. The highest BCUT2D eigenvalue weighted by atomic mass is 16.5. The highest BCUT2D eigenvalue weighted by Crippen LogP contribution is 2.14. The molecule has 29 heavy (non-hydrogen) atoms. The van der Waals surface area contributed by atoms with Crippen molar-refractivity contribution in [1.29, 1.82) is 5.26 Å². The number of carbonyl (C=O) groups excluding carboxylic acids is 2. The second kappa shape index (κ2) is 11.3. The molecule has 6 nitrogen and oxygen atoms in total. The van der Waals surface area contributed by atoms with Gasteiger partial charge in [-0.2, -0.15) is 5.26 Å². The van der Waals surface area contributed by atoms with Gasteiger partial charge < -0.3 is 15.4 Å². The third-order valence-electron chi connectivity index (χ3n) is 3.92. The van der Waals surface area contributed by atoms with Gasteiger partial charge in [-0.05, 0) is 49.6 Å². The monoisotopic (exact) mass is 391 g/mol. The second-order valence-corrected chi connectivity index (χ2v) is 6.74. The van der Waals surface area contributed by atoms with E-state index >= 15 is 0 Å². The predicted molar refractivity (Wildman–Crippen MR) is 112 cm³/mol. The topological polar surface area (TPSA) is 91.2 Å². The lowest BCUT2D eigenvalue weighted by atomic mass is 10.1. The first-order valence-corrected chi connectivity index (χ1v) is 9.44. The first kappa shape index (κ1) is 21.7. The van der Waals surface area contributed by atoms with Crippen molar-refractivity contribution in [2.45, 2.75) is 26.3 Å². The van der Waals surface area contributed by atoms with Gasteiger partial charge in [-0.1, -0.05) is 42.5 Å². The Labute approximate surface area is 171 Å². The number of amides is 2. The predicted octanol–water partition coefficient (Wildman–Crippen LogP) is 2.86. The summed E-state index contributed by atoms with van der Waals surface area (Å²) < 4.78 is 5.48. The van der Waals surface area contributed by atoms with Crippen LogP contribution < -0.4 is 15.4 Å². The minimum atomic E-state index is -0.407. The van der Waals surface area contributed by atoms with Gasteiger partial charge in [-0.25, -0.2) is 0 Å². The quantitative estimate of drug-likeness (QED) is 0.508. The van der Waals surface area contributed by atoms with Crippen molar-refractivity contribution in [3.05, 3.63) is 71.3 Å². The standard InChI is InChI=1S/C23H25N3O3/c1-17(2)26-23(28)20(15-24)14-19-8-10-21(11-9-19)29-16-22(27)25-13-12-18-6-4-3-5-7-18/h3-11,14,17H,12-13,16H2,1-2H3,(H,25,27)(H,26,28)/b20-14+. The van der Waals surface area contributed by atoms with Crippen LogP contribution in [0.15, 0.2) is 60.2 Å². The largest absolute Gasteiger partial charge is 0.484 e. The van der Waals surface area contributed by atoms with Crippen LogP contribution in [0, 0.1) is 11.3 Å². The molecule has 0 saturated heterocycles. The Balaban J connectivity index is 1.81. The number of carbonyl (C=O) groups is 2. The molecule has 2 rings (SSSR count). The first-order chi connectivity index (χ1) is 14.0. The Morgan fingerprint density at radius 2 is 1.79 bits per heavy atom. The van der Waals surface area contributed by atoms with Crippen LogP contribution in [0.1, 0.15) is 25.0 Å². The highest BCUT2D eigenvalue weighted by Gasteiger charge is 2.10. The highest BCUT2D eigenvalue weighted by molar-refractivity contribution is 6.01. The van der Waals surface area contributed by atoms with Crippen LogP contribution in [-0.4, -0.2) is 31.0 Å². The molecule has 0 radical (unpaired) electrons. The summed E-state index contributed by atoms with van der Waals surface area (Å²) in [5.41, 5.74) is 1.89. The Morgan fingerprint density at radius 3 is 2.41 bits per heavy atom. The molecular weight excluding hydrogens is 366 g/mol. The number of rotatable bonds is 9. The molecule has 2 N–H and O–H groups in total. The number of nitrogens with zero attached hydrogens (tertiary/aromatic N) is 1. The van der Waals surface area contributed by atoms with Crippen LogP contribution in [0.4, 0.5) is 0 Å². The molecule has 2 amide bonds. The van der Waals surface area contributed by atoms with Crippen molar-refractivity contribution >= 4 is 17.9 Å². The van der Waals surface area contributed by atoms with E-state index in [9.17, 15) is 9.59 Å². The van der Waals surface area contributed by atoms with Gasteiger partial charge in [-0.15, -0.1) is 0 Å². The molecule has 0 atom stereocenters. The smallest absolute Gasteiger partial charge is 0.262 e. The fourth-order valence-corrected chi connectivity index (χ4v) is 2.51. The summed E-state index contributed by atoms with van der Waals surface area (Å²) in [5, 5.41) is 14.7. The summed E-state index contributed by atoms with van der Waals surface area (Å²) in [6, 6.07) is 18.6. The average molecular weight is 391 g/mol. The number of nitrogens with one attached hydrogen (secondary N) is 2. The molecule has 0 heterocycles. The van der Waals surface area contributed by atoms with Gasteiger partial charge in [0, 0.05) is 12.6 Å². The van der Waals surface area contributed by atoms with Gasteiger partial charge in [0.1, 0.15) is 17.4 Å². The van der Waals surface area contributed by atoms with Crippen molar-refractivity contribution < 1.29 is 14.3 Å². The summed E-state index contributed by atoms with van der Waals surface area (Å²) in [5.74, 6) is -0.0671. The summed E-state index contributed by atoms with van der Waals surface area (Å²) in [6.07, 6.45) is 2.27. The lowest BCUT2D eigenvalue weighted by Crippen LogP contribution is -2.30. The first-order valence-electron chi connectivity index (χ1n) is 9.44. The maximum atomic E-state index is 11.9. The zero-order chi connectivity index (χ0) is 21.1. The van der Waals surface area contributed by atoms with Crippen molar-refractivity contribution in [3.8, 4) is 11.8 Å². The molecule has 6 heteroatoms.